The zero-order valence-corrected chi connectivity index (χ0v) is 22.7. The van der Waals surface area contributed by atoms with Gasteiger partial charge in [0.2, 0.25) is 0 Å². The van der Waals surface area contributed by atoms with Gasteiger partial charge in [0, 0.05) is 5.56 Å². The number of benzene rings is 3. The molecule has 200 valence electrons. The van der Waals surface area contributed by atoms with Crippen LogP contribution in [-0.4, -0.2) is 35.5 Å². The lowest BCUT2D eigenvalue weighted by Gasteiger charge is -2.23. The van der Waals surface area contributed by atoms with Crippen molar-refractivity contribution in [3.05, 3.63) is 88.7 Å². The molecule has 9 heteroatoms. The van der Waals surface area contributed by atoms with Crippen molar-refractivity contribution < 1.29 is 28.6 Å². The lowest BCUT2D eigenvalue weighted by atomic mass is 9.93. The molecule has 4 aromatic rings. The van der Waals surface area contributed by atoms with E-state index in [9.17, 15) is 19.1 Å². The third-order valence-electron chi connectivity index (χ3n) is 6.63. The van der Waals surface area contributed by atoms with E-state index in [1.54, 1.807) is 49.6 Å². The Labute approximate surface area is 229 Å². The number of hydrogen-bond donors (Lipinski definition) is 1. The van der Waals surface area contributed by atoms with Crippen LogP contribution in [0.1, 0.15) is 49.4 Å². The first-order chi connectivity index (χ1) is 18.7. The summed E-state index contributed by atoms with van der Waals surface area (Å²) in [5, 5.41) is 11.8. The normalized spacial score (nSPS) is 16.9. The van der Waals surface area contributed by atoms with E-state index in [4.69, 9.17) is 9.47 Å². The van der Waals surface area contributed by atoms with Crippen LogP contribution >= 0.6 is 11.3 Å². The number of rotatable bonds is 7. The van der Waals surface area contributed by atoms with Gasteiger partial charge in [0.25, 0.3) is 5.78 Å². The van der Waals surface area contributed by atoms with Crippen LogP contribution < -0.4 is 14.4 Å². The highest BCUT2D eigenvalue weighted by Gasteiger charge is 2.48. The van der Waals surface area contributed by atoms with Crippen LogP contribution in [0.5, 0.6) is 11.5 Å². The number of halogens is 1. The van der Waals surface area contributed by atoms with Crippen LogP contribution in [0, 0.1) is 5.82 Å². The number of carbonyl (C=O) groups excluding carboxylic acids is 2. The number of aliphatic hydroxyl groups excluding tert-OH is 1. The molecule has 1 aromatic heterocycles. The number of nitrogens with zero attached hydrogens (tertiary/aromatic N) is 2. The number of amides is 1. The number of methoxy groups -OCH3 is 1. The van der Waals surface area contributed by atoms with Gasteiger partial charge in [-0.05, 0) is 72.5 Å². The van der Waals surface area contributed by atoms with Crippen LogP contribution in [-0.2, 0) is 9.59 Å². The molecule has 1 N–H and O–H groups in total. The number of ether oxygens (including phenoxy) is 2. The minimum absolute atomic E-state index is 0.0607. The highest BCUT2D eigenvalue weighted by molar-refractivity contribution is 7.22. The van der Waals surface area contributed by atoms with Gasteiger partial charge < -0.3 is 14.6 Å². The van der Waals surface area contributed by atoms with Crippen molar-refractivity contribution in [2.75, 3.05) is 18.6 Å². The van der Waals surface area contributed by atoms with Crippen molar-refractivity contribution in [3.8, 4) is 11.5 Å². The van der Waals surface area contributed by atoms with Gasteiger partial charge in [0.1, 0.15) is 23.1 Å². The molecule has 1 aliphatic heterocycles. The number of anilines is 1. The maximum Gasteiger partial charge on any atom is 0.301 e. The summed E-state index contributed by atoms with van der Waals surface area (Å²) in [6.07, 6.45) is 0. The Morgan fingerprint density at radius 2 is 1.85 bits per heavy atom. The fraction of sp³-hybridized carbons (Fsp3) is 0.233. The van der Waals surface area contributed by atoms with Crippen molar-refractivity contribution in [1.29, 1.82) is 0 Å². The smallest absolute Gasteiger partial charge is 0.301 e. The van der Waals surface area contributed by atoms with Crippen LogP contribution in [0.15, 0.2) is 66.2 Å². The quantitative estimate of drug-likeness (QED) is 0.160. The highest BCUT2D eigenvalue weighted by atomic mass is 32.1. The zero-order chi connectivity index (χ0) is 27.8. The van der Waals surface area contributed by atoms with Gasteiger partial charge in [-0.3, -0.25) is 14.5 Å². The van der Waals surface area contributed by atoms with Gasteiger partial charge in [-0.2, -0.15) is 0 Å². The predicted molar refractivity (Wildman–Crippen MR) is 149 cm³/mol. The molecule has 5 rings (SSSR count). The summed E-state index contributed by atoms with van der Waals surface area (Å²) < 4.78 is 25.4. The molecule has 7 nitrogen and oxygen atoms in total. The summed E-state index contributed by atoms with van der Waals surface area (Å²) in [6.45, 7) is 6.40. The second-order valence-electron chi connectivity index (χ2n) is 9.39. The second kappa shape index (κ2) is 10.5. The molecule has 0 aliphatic carbocycles. The molecular weight excluding hydrogens is 519 g/mol. The molecule has 2 heterocycles. The van der Waals surface area contributed by atoms with Crippen LogP contribution in [0.4, 0.5) is 9.52 Å². The molecule has 1 unspecified atom stereocenters. The van der Waals surface area contributed by atoms with Crippen LogP contribution in [0.3, 0.4) is 0 Å². The third-order valence-corrected chi connectivity index (χ3v) is 7.64. The number of carbonyl (C=O) groups is 2. The van der Waals surface area contributed by atoms with E-state index in [0.717, 1.165) is 16.9 Å². The Kier molecular flexibility index (Phi) is 7.10. The minimum Gasteiger partial charge on any atom is -0.507 e. The summed E-state index contributed by atoms with van der Waals surface area (Å²) in [7, 11) is 1.54. The first-order valence-corrected chi connectivity index (χ1v) is 13.3. The average Bonchev–Trinajstić information content (AvgIpc) is 3.46. The summed E-state index contributed by atoms with van der Waals surface area (Å²) in [6, 6.07) is 15.3. The number of aliphatic hydroxyl groups is 1. The molecule has 1 atom stereocenters. The van der Waals surface area contributed by atoms with Crippen molar-refractivity contribution in [1.82, 2.24) is 4.98 Å². The monoisotopic (exact) mass is 546 g/mol. The second-order valence-corrected chi connectivity index (χ2v) is 10.4. The number of hydrogen-bond acceptors (Lipinski definition) is 7. The molecule has 1 aliphatic rings. The fourth-order valence-electron chi connectivity index (χ4n) is 4.71. The number of aromatic nitrogens is 1. The van der Waals surface area contributed by atoms with E-state index < -0.39 is 23.5 Å². The molecule has 0 saturated carbocycles. The van der Waals surface area contributed by atoms with Crippen molar-refractivity contribution in [2.24, 2.45) is 0 Å². The van der Waals surface area contributed by atoms with Gasteiger partial charge >= 0.3 is 5.91 Å². The molecule has 0 radical (unpaired) electrons. The Morgan fingerprint density at radius 1 is 1.10 bits per heavy atom. The topological polar surface area (TPSA) is 89.0 Å². The van der Waals surface area contributed by atoms with E-state index in [-0.39, 0.29) is 22.4 Å². The number of Topliss-reactive ketones (excluding diaryl/α,β-unsaturated/α-hetero) is 1. The molecule has 0 bridgehead atoms. The SMILES string of the molecule is CCOc1ccc(/C(O)=C2\C(=O)C(=O)N(c3nc4ccc(F)cc4s3)C2c2ccc(OC)cc2)cc1C(C)C. The molecule has 1 fully saturated rings. The average molecular weight is 547 g/mol. The molecule has 1 saturated heterocycles. The largest absolute Gasteiger partial charge is 0.507 e. The van der Waals surface area contributed by atoms with Crippen LogP contribution in [0.2, 0.25) is 0 Å². The van der Waals surface area contributed by atoms with Crippen molar-refractivity contribution in [3.63, 3.8) is 0 Å². The maximum absolute atomic E-state index is 13.9. The molecule has 3 aromatic carbocycles. The van der Waals surface area contributed by atoms with Gasteiger partial charge in [0.05, 0.1) is 35.5 Å². The van der Waals surface area contributed by atoms with Gasteiger partial charge in [-0.25, -0.2) is 9.37 Å². The first-order valence-electron chi connectivity index (χ1n) is 12.5. The Balaban J connectivity index is 1.71. The molecule has 39 heavy (non-hydrogen) atoms. The standard InChI is InChI=1S/C30H27FN2O5S/c1-5-38-23-13-8-18(14-21(23)16(2)3)27(34)25-26(17-6-10-20(37-4)11-7-17)33(29(36)28(25)35)30-32-22-12-9-19(31)15-24(22)39-30/h6-16,26,34H,5H2,1-4H3/b27-25+. The zero-order valence-electron chi connectivity index (χ0n) is 21.9. The first kappa shape index (κ1) is 26.4. The van der Waals surface area contributed by atoms with Crippen LogP contribution in [0.25, 0.3) is 16.0 Å². The van der Waals surface area contributed by atoms with E-state index >= 15 is 0 Å². The Morgan fingerprint density at radius 3 is 2.51 bits per heavy atom. The summed E-state index contributed by atoms with van der Waals surface area (Å²) in [5.41, 5.74) is 2.28. The Bertz CT molecular complexity index is 1610. The van der Waals surface area contributed by atoms with Crippen molar-refractivity contribution >= 4 is 44.1 Å². The molecular formula is C30H27FN2O5S. The molecule has 0 spiro atoms. The fourth-order valence-corrected chi connectivity index (χ4v) is 5.73. The lowest BCUT2D eigenvalue weighted by Crippen LogP contribution is -2.29. The number of fused-ring (bicyclic) bond motifs is 1. The highest BCUT2D eigenvalue weighted by Crippen LogP contribution is 2.45. The van der Waals surface area contributed by atoms with E-state index in [2.05, 4.69) is 4.98 Å². The summed E-state index contributed by atoms with van der Waals surface area (Å²) >= 11 is 1.10. The van der Waals surface area contributed by atoms with E-state index in [1.807, 2.05) is 20.8 Å². The summed E-state index contributed by atoms with van der Waals surface area (Å²) in [4.78, 5) is 32.8. The van der Waals surface area contributed by atoms with E-state index in [0.29, 0.717) is 39.4 Å². The molecule has 1 amide bonds. The van der Waals surface area contributed by atoms with Gasteiger partial charge in [-0.15, -0.1) is 0 Å². The van der Waals surface area contributed by atoms with Crippen molar-refractivity contribution in [2.45, 2.75) is 32.7 Å². The third kappa shape index (κ3) is 4.74. The summed E-state index contributed by atoms with van der Waals surface area (Å²) in [5.74, 6) is -1.01. The predicted octanol–water partition coefficient (Wildman–Crippen LogP) is 6.59. The number of ketones is 1. The number of thiazole rings is 1. The van der Waals surface area contributed by atoms with E-state index in [1.165, 1.54) is 23.1 Å². The van der Waals surface area contributed by atoms with Gasteiger partial charge in [0.15, 0.2) is 5.13 Å². The minimum atomic E-state index is -0.963. The lowest BCUT2D eigenvalue weighted by molar-refractivity contribution is -0.132. The maximum atomic E-state index is 13.9. The Hall–Kier alpha value is -4.24. The van der Waals surface area contributed by atoms with Gasteiger partial charge in [-0.1, -0.05) is 37.3 Å².